The Morgan fingerprint density at radius 1 is 1.31 bits per heavy atom. The highest BCUT2D eigenvalue weighted by atomic mass is 32.2. The molecule has 2 fully saturated rings. The summed E-state index contributed by atoms with van der Waals surface area (Å²) in [4.78, 5) is 26.2. The van der Waals surface area contributed by atoms with Crippen molar-refractivity contribution in [2.24, 2.45) is 5.92 Å². The van der Waals surface area contributed by atoms with Gasteiger partial charge in [-0.05, 0) is 30.9 Å². The average molecular weight is 436 g/mol. The predicted octanol–water partition coefficient (Wildman–Crippen LogP) is 2.15. The second-order valence-corrected chi connectivity index (χ2v) is 10.5. The molecular formula is C19H21N3O5S2. The number of ketones is 1. The molecule has 1 aromatic heterocycles. The number of amides is 1. The summed E-state index contributed by atoms with van der Waals surface area (Å²) in [5.41, 5.74) is 1.28. The van der Waals surface area contributed by atoms with E-state index in [1.807, 2.05) is 6.07 Å². The summed E-state index contributed by atoms with van der Waals surface area (Å²) < 4.78 is 28.6. The van der Waals surface area contributed by atoms with E-state index in [0.717, 1.165) is 23.9 Å². The van der Waals surface area contributed by atoms with E-state index >= 15 is 0 Å². The van der Waals surface area contributed by atoms with Crippen LogP contribution in [0.1, 0.15) is 35.5 Å². The third-order valence-electron chi connectivity index (χ3n) is 5.12. The van der Waals surface area contributed by atoms with Crippen LogP contribution in [0.25, 0.3) is 0 Å². The van der Waals surface area contributed by atoms with E-state index in [1.165, 1.54) is 0 Å². The van der Waals surface area contributed by atoms with Crippen LogP contribution < -0.4 is 4.90 Å². The lowest BCUT2D eigenvalue weighted by atomic mass is 10.1. The number of benzene rings is 1. The maximum absolute atomic E-state index is 12.5. The van der Waals surface area contributed by atoms with Gasteiger partial charge in [-0.1, -0.05) is 23.9 Å². The smallest absolute Gasteiger partial charge is 0.277 e. The maximum Gasteiger partial charge on any atom is 0.277 e. The first kappa shape index (κ1) is 20.1. The number of Topliss-reactive ketones (excluding diaryl/α,β-unsaturated/α-hetero) is 1. The first-order valence-corrected chi connectivity index (χ1v) is 12.3. The molecule has 1 aromatic carbocycles. The largest absolute Gasteiger partial charge is 0.416 e. The number of anilines is 1. The summed E-state index contributed by atoms with van der Waals surface area (Å²) in [6, 6.07) is 7.08. The minimum Gasteiger partial charge on any atom is -0.416 e. The molecule has 0 radical (unpaired) electrons. The number of carbonyl (C=O) groups excluding carboxylic acids is 2. The number of aromatic nitrogens is 2. The van der Waals surface area contributed by atoms with Crippen molar-refractivity contribution in [1.82, 2.24) is 10.2 Å². The second kappa shape index (κ2) is 8.27. The van der Waals surface area contributed by atoms with Crippen LogP contribution in [0.3, 0.4) is 0 Å². The number of thioether (sulfide) groups is 1. The molecule has 0 saturated carbocycles. The van der Waals surface area contributed by atoms with Gasteiger partial charge in [0.25, 0.3) is 5.22 Å². The van der Waals surface area contributed by atoms with Crippen LogP contribution in [0, 0.1) is 5.92 Å². The Balaban J connectivity index is 1.33. The SMILES string of the molecule is O=C(CSc1nnc(C[C@@H]2CCS(=O)(=O)C2)o1)c1cccc(N2CCCC2=O)c1. The molecule has 2 saturated heterocycles. The Kier molecular flexibility index (Phi) is 5.73. The van der Waals surface area contributed by atoms with Gasteiger partial charge in [0, 0.05) is 30.6 Å². The molecule has 0 aliphatic carbocycles. The topological polar surface area (TPSA) is 110 Å². The fourth-order valence-electron chi connectivity index (χ4n) is 3.64. The van der Waals surface area contributed by atoms with E-state index in [2.05, 4.69) is 10.2 Å². The average Bonchev–Trinajstić information content (AvgIpc) is 3.40. The van der Waals surface area contributed by atoms with Gasteiger partial charge >= 0.3 is 0 Å². The van der Waals surface area contributed by atoms with Crippen molar-refractivity contribution in [3.05, 3.63) is 35.7 Å². The summed E-state index contributed by atoms with van der Waals surface area (Å²) in [5.74, 6) is 0.905. The van der Waals surface area contributed by atoms with E-state index in [4.69, 9.17) is 4.42 Å². The van der Waals surface area contributed by atoms with Crippen molar-refractivity contribution in [3.63, 3.8) is 0 Å². The Morgan fingerprint density at radius 3 is 2.90 bits per heavy atom. The first-order valence-electron chi connectivity index (χ1n) is 9.49. The molecule has 1 amide bonds. The van der Waals surface area contributed by atoms with Crippen molar-refractivity contribution in [2.75, 3.05) is 28.7 Å². The standard InChI is InChI=1S/C19H21N3O5S2/c23-16(14-3-1-4-15(10-14)22-7-2-5-18(22)24)11-28-19-21-20-17(27-19)9-13-6-8-29(25,26)12-13/h1,3-4,10,13H,2,5-9,11-12H2/t13-/m0/s1. The van der Waals surface area contributed by atoms with Crippen molar-refractivity contribution in [1.29, 1.82) is 0 Å². The maximum atomic E-state index is 12.5. The molecule has 8 nitrogen and oxygen atoms in total. The van der Waals surface area contributed by atoms with Crippen molar-refractivity contribution in [3.8, 4) is 0 Å². The van der Waals surface area contributed by atoms with Crippen LogP contribution in [0.5, 0.6) is 0 Å². The van der Waals surface area contributed by atoms with Crippen molar-refractivity contribution in [2.45, 2.75) is 30.9 Å². The van der Waals surface area contributed by atoms with Gasteiger partial charge in [0.05, 0.1) is 17.3 Å². The lowest BCUT2D eigenvalue weighted by molar-refractivity contribution is -0.117. The monoisotopic (exact) mass is 435 g/mol. The predicted molar refractivity (Wildman–Crippen MR) is 108 cm³/mol. The van der Waals surface area contributed by atoms with Crippen molar-refractivity contribution >= 4 is 39.0 Å². The molecule has 0 bridgehead atoms. The molecule has 2 aliphatic rings. The van der Waals surface area contributed by atoms with Gasteiger partial charge in [-0.3, -0.25) is 9.59 Å². The Labute approximate surface area is 173 Å². The number of nitrogens with zero attached hydrogens (tertiary/aromatic N) is 3. The molecule has 1 atom stereocenters. The van der Waals surface area contributed by atoms with E-state index < -0.39 is 9.84 Å². The zero-order valence-corrected chi connectivity index (χ0v) is 17.4. The van der Waals surface area contributed by atoms with Crippen LogP contribution in [-0.2, 0) is 21.1 Å². The number of rotatable bonds is 7. The fourth-order valence-corrected chi connectivity index (χ4v) is 6.17. The van der Waals surface area contributed by atoms with Gasteiger partial charge in [0.15, 0.2) is 15.6 Å². The van der Waals surface area contributed by atoms with Crippen LogP contribution in [-0.4, -0.2) is 54.1 Å². The number of hydrogen-bond acceptors (Lipinski definition) is 8. The molecule has 2 aliphatic heterocycles. The molecule has 2 aromatic rings. The van der Waals surface area contributed by atoms with E-state index in [0.29, 0.717) is 42.5 Å². The molecule has 3 heterocycles. The lowest BCUT2D eigenvalue weighted by Gasteiger charge is -2.16. The quantitative estimate of drug-likeness (QED) is 0.481. The zero-order chi connectivity index (χ0) is 20.4. The molecular weight excluding hydrogens is 414 g/mol. The van der Waals surface area contributed by atoms with Crippen LogP contribution in [0.15, 0.2) is 33.9 Å². The molecule has 0 spiro atoms. The lowest BCUT2D eigenvalue weighted by Crippen LogP contribution is -2.23. The van der Waals surface area contributed by atoms with E-state index in [-0.39, 0.29) is 34.9 Å². The summed E-state index contributed by atoms with van der Waals surface area (Å²) >= 11 is 1.15. The third-order valence-corrected chi connectivity index (χ3v) is 7.77. The minimum absolute atomic E-state index is 0.0102. The summed E-state index contributed by atoms with van der Waals surface area (Å²) in [6.07, 6.45) is 2.42. The van der Waals surface area contributed by atoms with Crippen LogP contribution in [0.4, 0.5) is 5.69 Å². The van der Waals surface area contributed by atoms with Gasteiger partial charge in [-0.15, -0.1) is 10.2 Å². The first-order chi connectivity index (χ1) is 13.9. The highest BCUT2D eigenvalue weighted by Crippen LogP contribution is 2.26. The molecule has 0 unspecified atom stereocenters. The van der Waals surface area contributed by atoms with Crippen molar-refractivity contribution < 1.29 is 22.4 Å². The van der Waals surface area contributed by atoms with Crippen LogP contribution in [0.2, 0.25) is 0 Å². The molecule has 4 rings (SSSR count). The van der Waals surface area contributed by atoms with Gasteiger partial charge in [0.1, 0.15) is 0 Å². The Morgan fingerprint density at radius 2 is 2.17 bits per heavy atom. The summed E-state index contributed by atoms with van der Waals surface area (Å²) in [6.45, 7) is 0.679. The van der Waals surface area contributed by atoms with Gasteiger partial charge in [-0.25, -0.2) is 8.42 Å². The van der Waals surface area contributed by atoms with Gasteiger partial charge in [-0.2, -0.15) is 0 Å². The molecule has 0 N–H and O–H groups in total. The summed E-state index contributed by atoms with van der Waals surface area (Å²) in [5, 5.41) is 8.20. The molecule has 10 heteroatoms. The third kappa shape index (κ3) is 4.87. The van der Waals surface area contributed by atoms with E-state index in [9.17, 15) is 18.0 Å². The normalized spacial score (nSPS) is 21.0. The number of hydrogen-bond donors (Lipinski definition) is 0. The minimum atomic E-state index is -2.94. The van der Waals surface area contributed by atoms with Crippen LogP contribution >= 0.6 is 11.8 Å². The fraction of sp³-hybridized carbons (Fsp3) is 0.474. The Hall–Kier alpha value is -2.20. The molecule has 29 heavy (non-hydrogen) atoms. The molecule has 154 valence electrons. The second-order valence-electron chi connectivity index (χ2n) is 7.35. The zero-order valence-electron chi connectivity index (χ0n) is 15.7. The number of sulfone groups is 1. The highest BCUT2D eigenvalue weighted by molar-refractivity contribution is 7.99. The van der Waals surface area contributed by atoms with Gasteiger partial charge < -0.3 is 9.32 Å². The Bertz CT molecular complexity index is 1030. The summed E-state index contributed by atoms with van der Waals surface area (Å²) in [7, 11) is -2.94. The number of carbonyl (C=O) groups is 2. The highest BCUT2D eigenvalue weighted by Gasteiger charge is 2.29. The van der Waals surface area contributed by atoms with E-state index in [1.54, 1.807) is 23.1 Å². The van der Waals surface area contributed by atoms with Gasteiger partial charge in [0.2, 0.25) is 11.8 Å².